The van der Waals surface area contributed by atoms with Crippen molar-refractivity contribution in [3.63, 3.8) is 0 Å². The Morgan fingerprint density at radius 2 is 1.80 bits per heavy atom. The highest BCUT2D eigenvalue weighted by Crippen LogP contribution is 2.27. The van der Waals surface area contributed by atoms with E-state index in [9.17, 15) is 14.4 Å². The van der Waals surface area contributed by atoms with Gasteiger partial charge < -0.3 is 10.1 Å². The number of aryl methyl sites for hydroxylation is 2. The summed E-state index contributed by atoms with van der Waals surface area (Å²) in [7, 11) is 2.97. The van der Waals surface area contributed by atoms with Crippen molar-refractivity contribution in [1.29, 1.82) is 0 Å². The van der Waals surface area contributed by atoms with Crippen LogP contribution in [0.2, 0.25) is 0 Å². The summed E-state index contributed by atoms with van der Waals surface area (Å²) in [5, 5.41) is 3.37. The summed E-state index contributed by atoms with van der Waals surface area (Å²) in [4.78, 5) is 47.3. The zero-order chi connectivity index (χ0) is 25.1. The van der Waals surface area contributed by atoms with Gasteiger partial charge in [0.15, 0.2) is 11.5 Å². The summed E-state index contributed by atoms with van der Waals surface area (Å²) in [6.07, 6.45) is 0. The molecule has 1 amide bonds. The highest BCUT2D eigenvalue weighted by molar-refractivity contribution is 8.00. The summed E-state index contributed by atoms with van der Waals surface area (Å²) in [5.41, 5.74) is 1.63. The maximum atomic E-state index is 13.0. The maximum Gasteiger partial charge on any atom is 0.332 e. The highest BCUT2D eigenvalue weighted by atomic mass is 32.2. The second-order valence-electron chi connectivity index (χ2n) is 7.92. The van der Waals surface area contributed by atoms with Gasteiger partial charge >= 0.3 is 5.69 Å². The van der Waals surface area contributed by atoms with E-state index in [4.69, 9.17) is 4.74 Å². The molecule has 2 aromatic heterocycles. The molecule has 0 aliphatic rings. The lowest BCUT2D eigenvalue weighted by atomic mass is 10.1. The van der Waals surface area contributed by atoms with Gasteiger partial charge in [-0.25, -0.2) is 14.8 Å². The lowest BCUT2D eigenvalue weighted by Crippen LogP contribution is -2.37. The largest absolute Gasteiger partial charge is 0.494 e. The normalized spacial score (nSPS) is 11.0. The average Bonchev–Trinajstić information content (AvgIpc) is 2.85. The van der Waals surface area contributed by atoms with E-state index >= 15 is 0 Å². The minimum Gasteiger partial charge on any atom is -0.494 e. The molecule has 0 saturated heterocycles. The first kappa shape index (κ1) is 24.2. The molecule has 2 heterocycles. The van der Waals surface area contributed by atoms with Crippen LogP contribution in [-0.4, -0.2) is 37.4 Å². The third-order valence-corrected chi connectivity index (χ3v) is 6.31. The van der Waals surface area contributed by atoms with Crippen molar-refractivity contribution in [3.8, 4) is 17.1 Å². The predicted molar refractivity (Wildman–Crippen MR) is 137 cm³/mol. The SMILES string of the molecule is CCOc1ccc(NC(=O)CSc2nc(-c3cccc(C)c3)nc3c2c(=O)n(C)c(=O)n3C)cc1. The number of hydrogen-bond donors (Lipinski definition) is 1. The van der Waals surface area contributed by atoms with Gasteiger partial charge in [-0.2, -0.15) is 0 Å². The van der Waals surface area contributed by atoms with E-state index in [1.807, 2.05) is 38.1 Å². The van der Waals surface area contributed by atoms with Gasteiger partial charge in [-0.1, -0.05) is 35.5 Å². The number of anilines is 1. The lowest BCUT2D eigenvalue weighted by Gasteiger charge is -2.12. The van der Waals surface area contributed by atoms with Gasteiger partial charge in [-0.15, -0.1) is 0 Å². The monoisotopic (exact) mass is 491 g/mol. The predicted octanol–water partition coefficient (Wildman–Crippen LogP) is 3.13. The number of carbonyl (C=O) groups is 1. The van der Waals surface area contributed by atoms with Crippen LogP contribution in [0.5, 0.6) is 5.75 Å². The molecule has 0 bridgehead atoms. The molecule has 1 N–H and O–H groups in total. The smallest absolute Gasteiger partial charge is 0.332 e. The van der Waals surface area contributed by atoms with Crippen LogP contribution in [0.1, 0.15) is 12.5 Å². The Kier molecular flexibility index (Phi) is 7.02. The molecular formula is C25H25N5O4S. The number of benzene rings is 2. The van der Waals surface area contributed by atoms with E-state index in [0.29, 0.717) is 23.1 Å². The molecule has 0 radical (unpaired) electrons. The van der Waals surface area contributed by atoms with Gasteiger partial charge in [0.25, 0.3) is 5.56 Å². The Balaban J connectivity index is 1.69. The minimum absolute atomic E-state index is 0.0125. The van der Waals surface area contributed by atoms with Gasteiger partial charge in [0, 0.05) is 25.3 Å². The molecular weight excluding hydrogens is 466 g/mol. The fourth-order valence-corrected chi connectivity index (χ4v) is 4.39. The molecule has 2 aromatic carbocycles. The number of nitrogens with zero attached hydrogens (tertiary/aromatic N) is 4. The fraction of sp³-hybridized carbons (Fsp3) is 0.240. The van der Waals surface area contributed by atoms with Crippen molar-refractivity contribution < 1.29 is 9.53 Å². The van der Waals surface area contributed by atoms with E-state index in [0.717, 1.165) is 33.2 Å². The lowest BCUT2D eigenvalue weighted by molar-refractivity contribution is -0.113. The van der Waals surface area contributed by atoms with Crippen LogP contribution < -0.4 is 21.3 Å². The first-order valence-corrected chi connectivity index (χ1v) is 12.0. The number of fused-ring (bicyclic) bond motifs is 1. The van der Waals surface area contributed by atoms with E-state index < -0.39 is 11.2 Å². The Morgan fingerprint density at radius 3 is 2.49 bits per heavy atom. The summed E-state index contributed by atoms with van der Waals surface area (Å²) < 4.78 is 7.76. The summed E-state index contributed by atoms with van der Waals surface area (Å²) in [6, 6.07) is 14.7. The summed E-state index contributed by atoms with van der Waals surface area (Å²) in [6.45, 7) is 4.42. The Labute approximate surface area is 205 Å². The van der Waals surface area contributed by atoms with Crippen molar-refractivity contribution in [1.82, 2.24) is 19.1 Å². The third kappa shape index (κ3) is 5.12. The van der Waals surface area contributed by atoms with Gasteiger partial charge in [0.1, 0.15) is 16.2 Å². The standard InChI is InChI=1S/C25H25N5O4S/c1-5-34-18-11-9-17(10-12-18)26-19(31)14-35-23-20-22(29(3)25(33)30(4)24(20)32)27-21(28-23)16-8-6-7-15(2)13-16/h6-13H,5,14H2,1-4H3,(H,26,31). The van der Waals surface area contributed by atoms with Crippen LogP contribution >= 0.6 is 11.8 Å². The number of amides is 1. The molecule has 0 spiro atoms. The van der Waals surface area contributed by atoms with Crippen LogP contribution in [-0.2, 0) is 18.9 Å². The minimum atomic E-state index is -0.506. The van der Waals surface area contributed by atoms with E-state index in [-0.39, 0.29) is 22.7 Å². The molecule has 9 nitrogen and oxygen atoms in total. The van der Waals surface area contributed by atoms with Gasteiger partial charge in [0.2, 0.25) is 5.91 Å². The molecule has 0 saturated carbocycles. The topological polar surface area (TPSA) is 108 Å². The quantitative estimate of drug-likeness (QED) is 0.313. The molecule has 35 heavy (non-hydrogen) atoms. The molecule has 0 unspecified atom stereocenters. The molecule has 0 aliphatic heterocycles. The van der Waals surface area contributed by atoms with Gasteiger partial charge in [-0.3, -0.25) is 18.7 Å². The van der Waals surface area contributed by atoms with E-state index in [2.05, 4.69) is 15.3 Å². The molecule has 0 fully saturated rings. The first-order valence-electron chi connectivity index (χ1n) is 11.0. The van der Waals surface area contributed by atoms with Crippen molar-refractivity contribution in [2.45, 2.75) is 18.9 Å². The Bertz CT molecular complexity index is 1530. The number of hydrogen-bond acceptors (Lipinski definition) is 7. The number of ether oxygens (including phenoxy) is 1. The molecule has 180 valence electrons. The van der Waals surface area contributed by atoms with Gasteiger partial charge in [-0.05, 0) is 44.2 Å². The number of thioether (sulfide) groups is 1. The highest BCUT2D eigenvalue weighted by Gasteiger charge is 2.19. The maximum absolute atomic E-state index is 13.0. The average molecular weight is 492 g/mol. The van der Waals surface area contributed by atoms with Crippen molar-refractivity contribution in [3.05, 3.63) is 74.9 Å². The number of nitrogens with one attached hydrogen (secondary N) is 1. The second-order valence-corrected chi connectivity index (χ2v) is 8.88. The third-order valence-electron chi connectivity index (χ3n) is 5.33. The molecule has 4 aromatic rings. The second kappa shape index (κ2) is 10.1. The first-order chi connectivity index (χ1) is 16.8. The molecule has 10 heteroatoms. The fourth-order valence-electron chi connectivity index (χ4n) is 3.58. The Hall–Kier alpha value is -3.92. The van der Waals surface area contributed by atoms with Crippen LogP contribution in [0.4, 0.5) is 5.69 Å². The summed E-state index contributed by atoms with van der Waals surface area (Å²) >= 11 is 1.12. The van der Waals surface area contributed by atoms with Gasteiger partial charge in [0.05, 0.1) is 12.4 Å². The van der Waals surface area contributed by atoms with Crippen LogP contribution in [0.3, 0.4) is 0 Å². The van der Waals surface area contributed by atoms with E-state index in [1.165, 1.54) is 11.6 Å². The number of carbonyl (C=O) groups excluding carboxylic acids is 1. The number of rotatable bonds is 7. The Morgan fingerprint density at radius 1 is 1.06 bits per heavy atom. The molecule has 0 aliphatic carbocycles. The van der Waals surface area contributed by atoms with Crippen molar-refractivity contribution >= 4 is 34.4 Å². The van der Waals surface area contributed by atoms with Crippen LogP contribution in [0, 0.1) is 6.92 Å². The zero-order valence-corrected chi connectivity index (χ0v) is 20.7. The summed E-state index contributed by atoms with van der Waals surface area (Å²) in [5.74, 6) is 0.847. The zero-order valence-electron chi connectivity index (χ0n) is 19.9. The number of aromatic nitrogens is 4. The van der Waals surface area contributed by atoms with Crippen molar-refractivity contribution in [2.24, 2.45) is 14.1 Å². The van der Waals surface area contributed by atoms with Crippen LogP contribution in [0.25, 0.3) is 22.4 Å². The van der Waals surface area contributed by atoms with E-state index in [1.54, 1.807) is 31.3 Å². The molecule has 0 atom stereocenters. The van der Waals surface area contributed by atoms with Crippen LogP contribution in [0.15, 0.2) is 63.1 Å². The van der Waals surface area contributed by atoms with Crippen molar-refractivity contribution in [2.75, 3.05) is 17.7 Å². The molecule has 4 rings (SSSR count).